The van der Waals surface area contributed by atoms with Gasteiger partial charge in [0.15, 0.2) is 21.5 Å². The fraction of sp³-hybridized carbons (Fsp3) is 0.378. The van der Waals surface area contributed by atoms with Crippen LogP contribution < -0.4 is 0 Å². The number of hydrogen-bond acceptors (Lipinski definition) is 21. The Labute approximate surface area is 659 Å². The third-order valence-electron chi connectivity index (χ3n) is 25.6. The van der Waals surface area contributed by atoms with Gasteiger partial charge in [0.1, 0.15) is 62.7 Å². The molecule has 12 aromatic rings. The summed E-state index contributed by atoms with van der Waals surface area (Å²) in [6.07, 6.45) is 22.1. The van der Waals surface area contributed by atoms with E-state index < -0.39 is 80.3 Å². The van der Waals surface area contributed by atoms with Gasteiger partial charge in [-0.25, -0.2) is 82.7 Å². The Hall–Kier alpha value is -10.8. The van der Waals surface area contributed by atoms with Crippen LogP contribution in [0.1, 0.15) is 179 Å². The van der Waals surface area contributed by atoms with Crippen molar-refractivity contribution in [1.82, 2.24) is 94.8 Å². The van der Waals surface area contributed by atoms with E-state index in [4.69, 9.17) is 15.0 Å². The molecule has 9 aromatic heterocycles. The van der Waals surface area contributed by atoms with Crippen LogP contribution in [0.2, 0.25) is 0 Å². The summed E-state index contributed by atoms with van der Waals surface area (Å²) in [5.41, 5.74) is 6.35. The number of benzene rings is 3. The molecule has 4 saturated carbocycles. The summed E-state index contributed by atoms with van der Waals surface area (Å²) in [6.45, 7) is 13.1. The molecular weight excluding hydrogens is 1540 g/mol. The van der Waals surface area contributed by atoms with E-state index in [0.717, 1.165) is 95.8 Å². The monoisotopic (exact) mass is 1620 g/mol. The van der Waals surface area contributed by atoms with Gasteiger partial charge in [-0.15, -0.1) is 20.4 Å². The molecule has 0 saturated heterocycles. The van der Waals surface area contributed by atoms with Crippen molar-refractivity contribution in [1.29, 1.82) is 0 Å². The van der Waals surface area contributed by atoms with E-state index in [1.54, 1.807) is 77.1 Å². The first-order chi connectivity index (χ1) is 54.6. The molecule has 7 aliphatic carbocycles. The number of nitrogens with zero attached hydrogens (tertiary/aromatic N) is 19. The summed E-state index contributed by atoms with van der Waals surface area (Å²) in [6, 6.07) is 24.1. The van der Waals surface area contributed by atoms with E-state index in [1.807, 2.05) is 18.2 Å². The van der Waals surface area contributed by atoms with Crippen LogP contribution in [0.5, 0.6) is 0 Å². The van der Waals surface area contributed by atoms with Gasteiger partial charge in [0.25, 0.3) is 11.9 Å². The first kappa shape index (κ1) is 76.8. The average Bonchev–Trinajstić information content (AvgIpc) is 1.53. The van der Waals surface area contributed by atoms with Gasteiger partial charge in [0.2, 0.25) is 0 Å². The minimum absolute atomic E-state index is 0.0117. The van der Waals surface area contributed by atoms with E-state index in [-0.39, 0.29) is 102 Å². The first-order valence-corrected chi connectivity index (χ1v) is 43.9. The van der Waals surface area contributed by atoms with Gasteiger partial charge < -0.3 is 0 Å². The molecule has 115 heavy (non-hydrogen) atoms. The zero-order valence-electron chi connectivity index (χ0n) is 64.0. The van der Waals surface area contributed by atoms with Crippen LogP contribution in [0.15, 0.2) is 141 Å². The Morgan fingerprint density at radius 1 is 0.504 bits per heavy atom. The summed E-state index contributed by atoms with van der Waals surface area (Å²) in [4.78, 5) is 32.2. The summed E-state index contributed by atoms with van der Waals surface area (Å²) >= 11 is 0. The second kappa shape index (κ2) is 27.7. The van der Waals surface area contributed by atoms with Gasteiger partial charge in [0.05, 0.1) is 113 Å². The largest absolute Gasteiger partial charge is 0.266 e. The Balaban J connectivity index is 0.000000124. The van der Waals surface area contributed by atoms with Crippen LogP contribution in [0.4, 0.5) is 26.3 Å². The van der Waals surface area contributed by atoms with Crippen LogP contribution in [0.3, 0.4) is 0 Å². The van der Waals surface area contributed by atoms with E-state index in [1.165, 1.54) is 71.9 Å². The number of aromatic nitrogens is 19. The number of sulfone groups is 2. The normalized spacial score (nSPS) is 22.6. The third-order valence-corrected chi connectivity index (χ3v) is 29.5. The van der Waals surface area contributed by atoms with Crippen molar-refractivity contribution in [2.24, 2.45) is 16.2 Å². The molecule has 6 bridgehead atoms. The van der Waals surface area contributed by atoms with Gasteiger partial charge in [-0.2, -0.15) is 30.2 Å². The molecule has 0 N–H and O–H groups in total. The van der Waals surface area contributed by atoms with Gasteiger partial charge in [-0.3, -0.25) is 8.89 Å². The highest BCUT2D eigenvalue weighted by Gasteiger charge is 2.68. The highest BCUT2D eigenvalue weighted by atomic mass is 32.2. The van der Waals surface area contributed by atoms with Crippen molar-refractivity contribution in [3.63, 3.8) is 0 Å². The molecule has 0 aliphatic heterocycles. The molecule has 9 heterocycles. The maximum atomic E-state index is 14.6. The van der Waals surface area contributed by atoms with E-state index in [9.17, 15) is 47.4 Å². The van der Waals surface area contributed by atoms with Crippen LogP contribution >= 0.6 is 0 Å². The Morgan fingerprint density at radius 2 is 0.930 bits per heavy atom. The molecular formula is C82H79F6N19O5S3. The van der Waals surface area contributed by atoms with E-state index in [2.05, 4.69) is 113 Å². The van der Waals surface area contributed by atoms with Crippen LogP contribution in [0.25, 0.3) is 57.1 Å². The molecule has 4 fully saturated rings. The van der Waals surface area contributed by atoms with Gasteiger partial charge in [0, 0.05) is 49.9 Å². The second-order valence-corrected chi connectivity index (χ2v) is 40.1. The summed E-state index contributed by atoms with van der Waals surface area (Å²) in [5, 5.41) is 39.5. The van der Waals surface area contributed by atoms with Gasteiger partial charge in [-0.1, -0.05) is 66.2 Å². The molecule has 592 valence electrons. The van der Waals surface area contributed by atoms with Crippen molar-refractivity contribution < 1.29 is 47.4 Å². The number of rotatable bonds is 17. The minimum atomic E-state index is -3.29. The predicted molar refractivity (Wildman–Crippen MR) is 416 cm³/mol. The number of halogens is 6. The Kier molecular flexibility index (Phi) is 18.5. The van der Waals surface area contributed by atoms with Crippen molar-refractivity contribution in [2.45, 2.75) is 157 Å². The SMILES string of the molecule is C=S(C)(=O)Cn1cc(-c2nccc([C@@]34CC[C@@H](c5cc(-c6c(F)cccc6F)nnc53)C4(C)C)n2)cn1.CC1(C)[C@H]2CC[C@]1(c1ccnc(-n3ccc(CCS(C)(=O)=O)n3)n1)c1nnc(-c3c(F)cccc3F)cc12.CC1(C)[C@H]2CC[C@]1(c1ccnc(-n3cnc(CS(=O)(=O)C4CCC4)n3)n1)c1nnc(-c3c(F)cccc3F)cc12. The van der Waals surface area contributed by atoms with Crippen molar-refractivity contribution in [3.05, 3.63) is 238 Å². The lowest BCUT2D eigenvalue weighted by Crippen LogP contribution is -2.38. The van der Waals surface area contributed by atoms with Crippen molar-refractivity contribution >= 4 is 35.1 Å². The number of aryl methyl sites for hydroxylation is 1. The lowest BCUT2D eigenvalue weighted by molar-refractivity contribution is 0.242. The molecule has 7 atom stereocenters. The fourth-order valence-electron chi connectivity index (χ4n) is 19.6. The molecule has 0 amide bonds. The van der Waals surface area contributed by atoms with Gasteiger partial charge in [-0.05, 0) is 196 Å². The lowest BCUT2D eigenvalue weighted by Gasteiger charge is -2.37. The van der Waals surface area contributed by atoms with Gasteiger partial charge >= 0.3 is 0 Å². The summed E-state index contributed by atoms with van der Waals surface area (Å²) in [7, 11) is -8.65. The topological polar surface area (TPSA) is 306 Å². The summed E-state index contributed by atoms with van der Waals surface area (Å²) in [5.74, 6) is 1.39. The van der Waals surface area contributed by atoms with Crippen molar-refractivity contribution in [3.8, 4) is 57.1 Å². The van der Waals surface area contributed by atoms with E-state index >= 15 is 0 Å². The quantitative estimate of drug-likeness (QED) is 0.0604. The van der Waals surface area contributed by atoms with Crippen molar-refractivity contribution in [2.75, 3.05) is 18.3 Å². The molecule has 24 nitrogen and oxygen atoms in total. The van der Waals surface area contributed by atoms with Crippen LogP contribution in [-0.4, -0.2) is 145 Å². The Bertz CT molecular complexity index is 6260. The predicted octanol–water partition coefficient (Wildman–Crippen LogP) is 13.2. The standard InChI is InChI=1S/C28H27F2N7O2S.C27H26F2N6O2S.C27H26F2N6OS/c1-27(2)18-9-11-28(27,25-17(18)13-21(34-35-25)24-19(29)7-4-8-20(24)30)22-10-12-31-26(33-22)37-15-32-23(36-37)14-40(38,39)16-5-3-6-16;1-26(2)18-7-11-27(26,24-17(18)15-21(32-33-24)23-19(28)5-4-6-20(23)29)22-8-12-30-25(31-22)35-13-9-16(34-35)10-14-38(3,36)37;1-26(2)18-8-10-27(26,24-17(18)12-21(33-34-24)23-19(28)6-5-7-20(23)29)22-9-11-30-25(32-22)16-13-31-35(14-16)15-37(3,4)36/h4,7-8,10,12-13,15-16,18H,3,5-6,9,11,14H2,1-2H3;4-6,8-9,12-13,15,18H,7,10-11,14H2,1-3H3;5-7,9,11-14,18H,3,8,10,15H2,1-2,4H3/t18-,28-;18-,27-;18-,27-,37?/m000/s1. The molecule has 7 aliphatic rings. The van der Waals surface area contributed by atoms with Crippen LogP contribution in [-0.2, 0) is 63.5 Å². The Morgan fingerprint density at radius 3 is 1.35 bits per heavy atom. The van der Waals surface area contributed by atoms with Crippen LogP contribution in [0, 0.1) is 51.1 Å². The number of hydrogen-bond donors (Lipinski definition) is 0. The van der Waals surface area contributed by atoms with E-state index in [0.29, 0.717) is 42.3 Å². The fourth-order valence-corrected chi connectivity index (χ4v) is 22.7. The zero-order valence-corrected chi connectivity index (χ0v) is 66.5. The summed E-state index contributed by atoms with van der Waals surface area (Å²) < 4.78 is 152. The molecule has 1 unspecified atom stereocenters. The molecule has 0 spiro atoms. The highest BCUT2D eigenvalue weighted by molar-refractivity contribution is 7.98. The molecule has 33 heteroatoms. The maximum absolute atomic E-state index is 14.6. The lowest BCUT2D eigenvalue weighted by atomic mass is 9.66. The maximum Gasteiger partial charge on any atom is 0.252 e. The zero-order chi connectivity index (χ0) is 80.9. The third kappa shape index (κ3) is 12.6. The first-order valence-electron chi connectivity index (χ1n) is 37.8. The highest BCUT2D eigenvalue weighted by Crippen LogP contribution is 2.72. The smallest absolute Gasteiger partial charge is 0.252 e. The molecule has 0 radical (unpaired) electrons. The number of fused-ring (bicyclic) bond motifs is 15. The molecule has 19 rings (SSSR count). The molecule has 3 aromatic carbocycles. The average molecular weight is 1620 g/mol. The second-order valence-electron chi connectivity index (χ2n) is 33.0. The minimum Gasteiger partial charge on any atom is -0.266 e.